The van der Waals surface area contributed by atoms with Gasteiger partial charge in [-0.15, -0.1) is 0 Å². The highest BCUT2D eigenvalue weighted by molar-refractivity contribution is 5.19. The molecule has 0 atom stereocenters. The second kappa shape index (κ2) is 8.41. The van der Waals surface area contributed by atoms with Crippen LogP contribution in [0.1, 0.15) is 6.92 Å². The van der Waals surface area contributed by atoms with E-state index in [1.807, 2.05) is 0 Å². The summed E-state index contributed by atoms with van der Waals surface area (Å²) < 4.78 is 312. The van der Waals surface area contributed by atoms with Gasteiger partial charge in [0.15, 0.2) is 0 Å². The van der Waals surface area contributed by atoms with Crippen LogP contribution in [0, 0.1) is 0 Å². The van der Waals surface area contributed by atoms with Crippen molar-refractivity contribution in [2.24, 2.45) is 0 Å². The third kappa shape index (κ3) is 4.03. The van der Waals surface area contributed by atoms with Gasteiger partial charge in [0.1, 0.15) is 0 Å². The van der Waals surface area contributed by atoms with Crippen LogP contribution in [-0.2, 0) is 0 Å². The first-order valence-corrected chi connectivity index (χ1v) is 7.88. The van der Waals surface area contributed by atoms with E-state index in [2.05, 4.69) is 0 Å². The van der Waals surface area contributed by atoms with Gasteiger partial charge in [0.2, 0.25) is 0 Å². The summed E-state index contributed by atoms with van der Waals surface area (Å²) in [4.78, 5) is 0. The summed E-state index contributed by atoms with van der Waals surface area (Å²) in [6, 6.07) is 0. The average Bonchev–Trinajstić information content (AvgIpc) is 2.65. The maximum absolute atomic E-state index is 13.4. The van der Waals surface area contributed by atoms with Crippen LogP contribution in [0.2, 0.25) is 0 Å². The van der Waals surface area contributed by atoms with Crippen molar-refractivity contribution in [2.75, 3.05) is 0 Å². The van der Waals surface area contributed by atoms with Gasteiger partial charge >= 0.3 is 71.6 Å². The predicted molar refractivity (Wildman–Crippen MR) is 66.1 cm³/mol. The SMILES string of the molecule is CC(F)(F)C(F)(F)C(F)(F)C(F)(F)C(F)(F)C(F)(F)C(F)(F)C(F)(F)C(F)(F)C(F)(F)C(F)(F)C(F)F. The zero-order valence-corrected chi connectivity index (χ0v) is 16.1. The summed E-state index contributed by atoms with van der Waals surface area (Å²) in [5, 5.41) is 0. The zero-order chi connectivity index (χ0) is 31.1. The summed E-state index contributed by atoms with van der Waals surface area (Å²) in [7, 11) is 0. The van der Waals surface area contributed by atoms with Gasteiger partial charge in [-0.1, -0.05) is 0 Å². The first-order chi connectivity index (χ1) is 15.4. The van der Waals surface area contributed by atoms with E-state index in [9.17, 15) is 105 Å². The Balaban J connectivity index is 7.22. The average molecular weight is 616 g/mol. The molecule has 0 N–H and O–H groups in total. The monoisotopic (exact) mass is 616 g/mol. The lowest BCUT2D eigenvalue weighted by Crippen LogP contribution is -2.78. The number of alkyl halides is 24. The van der Waals surface area contributed by atoms with E-state index in [4.69, 9.17) is 0 Å². The molecule has 0 radical (unpaired) electrons. The third-order valence-corrected chi connectivity index (χ3v) is 4.40. The van der Waals surface area contributed by atoms with Crippen molar-refractivity contribution in [3.05, 3.63) is 0 Å². The third-order valence-electron chi connectivity index (χ3n) is 4.40. The van der Waals surface area contributed by atoms with Gasteiger partial charge in [-0.2, -0.15) is 96.6 Å². The highest BCUT2D eigenvalue weighted by atomic mass is 19.4. The predicted octanol–water partition coefficient (Wildman–Crippen LogP) is 8.26. The number of hydrogen-bond acceptors (Lipinski definition) is 0. The summed E-state index contributed by atoms with van der Waals surface area (Å²) in [6.07, 6.45) is -6.24. The first-order valence-electron chi connectivity index (χ1n) is 7.88. The van der Waals surface area contributed by atoms with Gasteiger partial charge < -0.3 is 0 Å². The molecule has 0 saturated heterocycles. The Bertz CT molecular complexity index is 826. The van der Waals surface area contributed by atoms with Gasteiger partial charge in [0, 0.05) is 6.92 Å². The fourth-order valence-corrected chi connectivity index (χ4v) is 2.00. The molecule has 0 nitrogen and oxygen atoms in total. The molecule has 37 heavy (non-hydrogen) atoms. The largest absolute Gasteiger partial charge is 0.385 e. The van der Waals surface area contributed by atoms with E-state index in [0.29, 0.717) is 0 Å². The molecule has 24 heteroatoms. The Morgan fingerprint density at radius 3 is 0.622 bits per heavy atom. The van der Waals surface area contributed by atoms with Gasteiger partial charge in [-0.3, -0.25) is 0 Å². The minimum atomic E-state index is -9.42. The summed E-state index contributed by atoms with van der Waals surface area (Å²) in [5.74, 6) is -95.4. The second-order valence-electron chi connectivity index (χ2n) is 6.98. The fourth-order valence-electron chi connectivity index (χ4n) is 2.00. The number of rotatable bonds is 11. The van der Waals surface area contributed by atoms with Crippen LogP contribution in [-0.4, -0.2) is 71.6 Å². The van der Waals surface area contributed by atoms with Crippen molar-refractivity contribution in [2.45, 2.75) is 78.5 Å². The molecule has 0 heterocycles. The molecule has 0 rings (SSSR count). The summed E-state index contributed by atoms with van der Waals surface area (Å²) >= 11 is 0. The molecule has 0 aliphatic heterocycles. The lowest BCUT2D eigenvalue weighted by molar-refractivity contribution is -0.475. The molecule has 0 fully saturated rings. The van der Waals surface area contributed by atoms with Crippen LogP contribution in [0.5, 0.6) is 0 Å². The molecule has 0 aliphatic rings. The maximum Gasteiger partial charge on any atom is 0.385 e. The standard InChI is InChI=1S/C13H4F24/c1-3(16,17)5(20,21)7(24,25)9(28,29)11(32,33)13(36,37)12(34,35)10(30,31)8(26,27)6(22,23)4(18,19)2(14)15/h2H,1H3. The van der Waals surface area contributed by atoms with E-state index >= 15 is 0 Å². The molecule has 0 aromatic carbocycles. The van der Waals surface area contributed by atoms with Crippen LogP contribution in [0.4, 0.5) is 105 Å². The van der Waals surface area contributed by atoms with Crippen molar-refractivity contribution in [1.82, 2.24) is 0 Å². The van der Waals surface area contributed by atoms with E-state index < -0.39 is 78.5 Å². The van der Waals surface area contributed by atoms with Gasteiger partial charge in [0.25, 0.3) is 0 Å². The van der Waals surface area contributed by atoms with Crippen LogP contribution in [0.3, 0.4) is 0 Å². The van der Waals surface area contributed by atoms with E-state index in [0.717, 1.165) is 0 Å². The first kappa shape index (κ1) is 35.3. The Labute approximate surface area is 185 Å². The highest BCUT2D eigenvalue weighted by Crippen LogP contribution is 2.67. The van der Waals surface area contributed by atoms with Crippen LogP contribution >= 0.6 is 0 Å². The lowest BCUT2D eigenvalue weighted by Gasteiger charge is -2.45. The van der Waals surface area contributed by atoms with Gasteiger partial charge in [-0.05, 0) is 0 Å². The van der Waals surface area contributed by atoms with E-state index in [1.54, 1.807) is 0 Å². The second-order valence-corrected chi connectivity index (χ2v) is 6.98. The van der Waals surface area contributed by atoms with Crippen molar-refractivity contribution < 1.29 is 105 Å². The summed E-state index contributed by atoms with van der Waals surface area (Å²) in [6.45, 7) is -1.48. The van der Waals surface area contributed by atoms with Gasteiger partial charge in [0.05, 0.1) is 0 Å². The zero-order valence-electron chi connectivity index (χ0n) is 16.1. The number of halogens is 24. The van der Waals surface area contributed by atoms with Gasteiger partial charge in [-0.25, -0.2) is 8.78 Å². The molecule has 224 valence electrons. The van der Waals surface area contributed by atoms with E-state index in [-0.39, 0.29) is 0 Å². The Morgan fingerprint density at radius 1 is 0.297 bits per heavy atom. The molecule has 0 aliphatic carbocycles. The van der Waals surface area contributed by atoms with Crippen LogP contribution in [0.25, 0.3) is 0 Å². The fraction of sp³-hybridized carbons (Fsp3) is 1.00. The topological polar surface area (TPSA) is 0 Å². The molecular formula is C13H4F24. The molecule has 0 aromatic heterocycles. The molecule has 0 bridgehead atoms. The van der Waals surface area contributed by atoms with Crippen LogP contribution < -0.4 is 0 Å². The van der Waals surface area contributed by atoms with Crippen LogP contribution in [0.15, 0.2) is 0 Å². The van der Waals surface area contributed by atoms with Crippen molar-refractivity contribution in [1.29, 1.82) is 0 Å². The Morgan fingerprint density at radius 2 is 0.459 bits per heavy atom. The quantitative estimate of drug-likeness (QED) is 0.205. The Hall–Kier alpha value is -1.68. The summed E-state index contributed by atoms with van der Waals surface area (Å²) in [5.41, 5.74) is 0. The molecule has 0 spiro atoms. The lowest BCUT2D eigenvalue weighted by atomic mass is 9.85. The molecule has 0 aromatic rings. The molecule has 0 amide bonds. The Kier molecular flexibility index (Phi) is 8.03. The molecule has 0 unspecified atom stereocenters. The minimum Gasteiger partial charge on any atom is -0.203 e. The number of hydrogen-bond donors (Lipinski definition) is 0. The van der Waals surface area contributed by atoms with Crippen molar-refractivity contribution in [3.8, 4) is 0 Å². The molecular weight excluding hydrogens is 612 g/mol. The maximum atomic E-state index is 13.4. The molecule has 0 saturated carbocycles. The van der Waals surface area contributed by atoms with E-state index in [1.165, 1.54) is 0 Å². The minimum absolute atomic E-state index is 1.48. The highest BCUT2D eigenvalue weighted by Gasteiger charge is 2.98. The van der Waals surface area contributed by atoms with Crippen molar-refractivity contribution >= 4 is 0 Å². The van der Waals surface area contributed by atoms with Crippen molar-refractivity contribution in [3.63, 3.8) is 0 Å². The smallest absolute Gasteiger partial charge is 0.203 e. The normalized spacial score (nSPS) is 17.0.